The van der Waals surface area contributed by atoms with Crippen LogP contribution >= 0.6 is 0 Å². The maximum Gasteiger partial charge on any atom is 0.288 e. The Bertz CT molecular complexity index is 594. The predicted octanol–water partition coefficient (Wildman–Crippen LogP) is 1.95. The van der Waals surface area contributed by atoms with Crippen molar-refractivity contribution >= 4 is 17.4 Å². The normalized spacial score (nSPS) is 18.9. The van der Waals surface area contributed by atoms with E-state index in [2.05, 4.69) is 15.6 Å². The number of anilines is 1. The zero-order valence-electron chi connectivity index (χ0n) is 11.9. The van der Waals surface area contributed by atoms with Gasteiger partial charge in [0.2, 0.25) is 0 Å². The maximum absolute atomic E-state index is 12.3. The van der Waals surface area contributed by atoms with Gasteiger partial charge < -0.3 is 10.6 Å². The molecule has 21 heavy (non-hydrogen) atoms. The first-order valence-corrected chi connectivity index (χ1v) is 7.16. The summed E-state index contributed by atoms with van der Waals surface area (Å²) in [5.41, 5.74) is 0.338. The summed E-state index contributed by atoms with van der Waals surface area (Å²) in [5, 5.41) is 16.5. The fourth-order valence-corrected chi connectivity index (χ4v) is 2.86. The zero-order valence-corrected chi connectivity index (χ0v) is 11.9. The lowest BCUT2D eigenvalue weighted by molar-refractivity contribution is -0.385. The lowest BCUT2D eigenvalue weighted by Gasteiger charge is -2.15. The van der Waals surface area contributed by atoms with Crippen LogP contribution in [0.15, 0.2) is 12.3 Å². The number of carbonyl (C=O) groups excluding carboxylic acids is 1. The number of pyridine rings is 1. The van der Waals surface area contributed by atoms with Crippen molar-refractivity contribution < 1.29 is 9.72 Å². The minimum atomic E-state index is -0.546. The highest BCUT2D eigenvalue weighted by atomic mass is 16.6. The van der Waals surface area contributed by atoms with Crippen LogP contribution in [-0.4, -0.2) is 29.4 Å². The molecule has 0 bridgehead atoms. The molecule has 1 aromatic heterocycles. The molecule has 0 atom stereocenters. The van der Waals surface area contributed by atoms with Gasteiger partial charge in [-0.05, 0) is 37.0 Å². The number of aromatic nitrogens is 1. The molecule has 7 heteroatoms. The van der Waals surface area contributed by atoms with Crippen molar-refractivity contribution in [1.29, 1.82) is 0 Å². The molecule has 0 aromatic carbocycles. The number of amides is 1. The number of rotatable bonds is 6. The van der Waals surface area contributed by atoms with Crippen molar-refractivity contribution in [2.75, 3.05) is 18.9 Å². The summed E-state index contributed by atoms with van der Waals surface area (Å²) in [4.78, 5) is 26.5. The molecule has 0 saturated heterocycles. The molecule has 1 aromatic rings. The molecule has 0 aliphatic heterocycles. The molecule has 2 saturated carbocycles. The van der Waals surface area contributed by atoms with E-state index in [0.717, 1.165) is 12.1 Å². The predicted molar refractivity (Wildman–Crippen MR) is 77.2 cm³/mol. The van der Waals surface area contributed by atoms with Crippen LogP contribution in [0.25, 0.3) is 0 Å². The van der Waals surface area contributed by atoms with Crippen molar-refractivity contribution in [2.24, 2.45) is 11.3 Å². The smallest absolute Gasteiger partial charge is 0.288 e. The van der Waals surface area contributed by atoms with E-state index in [-0.39, 0.29) is 17.2 Å². The van der Waals surface area contributed by atoms with E-state index >= 15 is 0 Å². The van der Waals surface area contributed by atoms with Crippen LogP contribution in [-0.2, 0) is 0 Å². The topological polar surface area (TPSA) is 97.2 Å². The third-order valence-corrected chi connectivity index (χ3v) is 4.50. The van der Waals surface area contributed by atoms with E-state index in [9.17, 15) is 14.9 Å². The third-order valence-electron chi connectivity index (χ3n) is 4.50. The fraction of sp³-hybridized carbons (Fsp3) is 0.571. The number of nitrogens with one attached hydrogen (secondary N) is 2. The standard InChI is InChI=1S/C14H18N4O3/c1-15-12-11(6-10(7-16-12)18(20)21)13(19)17-8-14(4-5-14)9-2-3-9/h6-7,9H,2-5,8H2,1H3,(H,15,16)(H,17,19). The van der Waals surface area contributed by atoms with Gasteiger partial charge in [0, 0.05) is 19.7 Å². The average molecular weight is 290 g/mol. The average Bonchev–Trinajstić information content (AvgIpc) is 3.36. The van der Waals surface area contributed by atoms with Gasteiger partial charge in [-0.1, -0.05) is 0 Å². The van der Waals surface area contributed by atoms with Crippen molar-refractivity contribution in [3.8, 4) is 0 Å². The summed E-state index contributed by atoms with van der Waals surface area (Å²) < 4.78 is 0. The van der Waals surface area contributed by atoms with Crippen molar-refractivity contribution in [2.45, 2.75) is 25.7 Å². The van der Waals surface area contributed by atoms with Crippen LogP contribution in [0.4, 0.5) is 11.5 Å². The minimum absolute atomic E-state index is 0.178. The Balaban J connectivity index is 1.73. The van der Waals surface area contributed by atoms with Gasteiger partial charge in [-0.15, -0.1) is 0 Å². The largest absolute Gasteiger partial charge is 0.372 e. The van der Waals surface area contributed by atoms with Crippen molar-refractivity contribution in [3.05, 3.63) is 27.9 Å². The molecule has 1 heterocycles. The Hall–Kier alpha value is -2.18. The molecule has 112 valence electrons. The van der Waals surface area contributed by atoms with E-state index in [1.165, 1.54) is 31.7 Å². The van der Waals surface area contributed by atoms with E-state index in [4.69, 9.17) is 0 Å². The summed E-state index contributed by atoms with van der Waals surface area (Å²) in [6, 6.07) is 1.27. The molecule has 1 amide bonds. The van der Waals surface area contributed by atoms with Crippen LogP contribution < -0.4 is 10.6 Å². The van der Waals surface area contributed by atoms with Crippen molar-refractivity contribution in [3.63, 3.8) is 0 Å². The first-order valence-electron chi connectivity index (χ1n) is 7.16. The lowest BCUT2D eigenvalue weighted by Crippen LogP contribution is -2.31. The van der Waals surface area contributed by atoms with Crippen LogP contribution in [0.3, 0.4) is 0 Å². The van der Waals surface area contributed by atoms with Gasteiger partial charge in [-0.3, -0.25) is 14.9 Å². The Labute approximate surface area is 122 Å². The van der Waals surface area contributed by atoms with Crippen LogP contribution in [0.1, 0.15) is 36.0 Å². The second-order valence-electron chi connectivity index (χ2n) is 5.92. The summed E-state index contributed by atoms with van der Waals surface area (Å²) in [6.45, 7) is 0.655. The number of hydrogen-bond acceptors (Lipinski definition) is 5. The van der Waals surface area contributed by atoms with E-state index in [1.807, 2.05) is 0 Å². The Morgan fingerprint density at radius 1 is 1.52 bits per heavy atom. The first kappa shape index (κ1) is 13.8. The van der Waals surface area contributed by atoms with E-state index in [0.29, 0.717) is 17.8 Å². The number of nitrogens with zero attached hydrogens (tertiary/aromatic N) is 2. The molecule has 3 rings (SSSR count). The molecule has 0 spiro atoms. The van der Waals surface area contributed by atoms with E-state index in [1.54, 1.807) is 7.05 Å². The first-order chi connectivity index (χ1) is 10.1. The van der Waals surface area contributed by atoms with Crippen molar-refractivity contribution in [1.82, 2.24) is 10.3 Å². The van der Waals surface area contributed by atoms with Gasteiger partial charge in [0.05, 0.1) is 10.5 Å². The Morgan fingerprint density at radius 3 is 2.76 bits per heavy atom. The highest BCUT2D eigenvalue weighted by Crippen LogP contribution is 2.60. The molecule has 2 N–H and O–H groups in total. The molecule has 0 unspecified atom stereocenters. The minimum Gasteiger partial charge on any atom is -0.372 e. The third kappa shape index (κ3) is 2.68. The quantitative estimate of drug-likeness (QED) is 0.616. The second kappa shape index (κ2) is 4.98. The molecule has 2 aliphatic carbocycles. The van der Waals surface area contributed by atoms with Gasteiger partial charge in [0.25, 0.3) is 11.6 Å². The molecule has 7 nitrogen and oxygen atoms in total. The lowest BCUT2D eigenvalue weighted by atomic mass is 10.0. The van der Waals surface area contributed by atoms with Gasteiger partial charge in [-0.25, -0.2) is 4.98 Å². The molecular formula is C14H18N4O3. The van der Waals surface area contributed by atoms with Gasteiger partial charge in [0.1, 0.15) is 12.0 Å². The Morgan fingerprint density at radius 2 is 2.24 bits per heavy atom. The van der Waals surface area contributed by atoms with E-state index < -0.39 is 4.92 Å². The second-order valence-corrected chi connectivity index (χ2v) is 5.92. The highest BCUT2D eigenvalue weighted by molar-refractivity contribution is 5.99. The van der Waals surface area contributed by atoms with Gasteiger partial charge in [0.15, 0.2) is 0 Å². The summed E-state index contributed by atoms with van der Waals surface area (Å²) in [5.74, 6) is 0.807. The van der Waals surface area contributed by atoms with Crippen LogP contribution in [0, 0.1) is 21.4 Å². The van der Waals surface area contributed by atoms with Gasteiger partial charge in [-0.2, -0.15) is 0 Å². The zero-order chi connectivity index (χ0) is 15.0. The van der Waals surface area contributed by atoms with Gasteiger partial charge >= 0.3 is 0 Å². The number of hydrogen-bond donors (Lipinski definition) is 2. The summed E-state index contributed by atoms with van der Waals surface area (Å²) in [6.07, 6.45) is 6.01. The SMILES string of the molecule is CNc1ncc([N+](=O)[O-])cc1C(=O)NCC1(C2CC2)CC1. The summed E-state index contributed by atoms with van der Waals surface area (Å²) in [7, 11) is 1.64. The highest BCUT2D eigenvalue weighted by Gasteiger charge is 2.53. The monoisotopic (exact) mass is 290 g/mol. The molecule has 2 aliphatic rings. The molecule has 2 fully saturated rings. The molecular weight excluding hydrogens is 272 g/mol. The van der Waals surface area contributed by atoms with Crippen LogP contribution in [0.2, 0.25) is 0 Å². The maximum atomic E-state index is 12.3. The Kier molecular flexibility index (Phi) is 3.27. The molecule has 0 radical (unpaired) electrons. The number of nitro groups is 1. The fourth-order valence-electron chi connectivity index (χ4n) is 2.86. The summed E-state index contributed by atoms with van der Waals surface area (Å²) >= 11 is 0. The number of carbonyl (C=O) groups is 1. The van der Waals surface area contributed by atoms with Crippen LogP contribution in [0.5, 0.6) is 0 Å².